The zero-order valence-corrected chi connectivity index (χ0v) is 8.06. The van der Waals surface area contributed by atoms with Crippen molar-refractivity contribution in [1.82, 2.24) is 4.98 Å². The molecule has 74 valence electrons. The van der Waals surface area contributed by atoms with E-state index in [1.807, 2.05) is 0 Å². The Morgan fingerprint density at radius 2 is 2.00 bits per heavy atom. The van der Waals surface area contributed by atoms with Crippen LogP contribution < -0.4 is 0 Å². The summed E-state index contributed by atoms with van der Waals surface area (Å²) in [5.41, 5.74) is -0.689. The van der Waals surface area contributed by atoms with E-state index < -0.39 is 25.1 Å². The van der Waals surface area contributed by atoms with Crippen LogP contribution in [0, 0.1) is 0 Å². The second kappa shape index (κ2) is 3.10. The van der Waals surface area contributed by atoms with Gasteiger partial charge < -0.3 is 0 Å². The molecule has 0 aliphatic heterocycles. The average molecular weight is 252 g/mol. The van der Waals surface area contributed by atoms with E-state index in [9.17, 15) is 21.6 Å². The molecule has 0 fully saturated rings. The van der Waals surface area contributed by atoms with E-state index in [4.69, 9.17) is 10.7 Å². The minimum Gasteiger partial charge on any atom is -0.239 e. The molecule has 0 aliphatic carbocycles. The van der Waals surface area contributed by atoms with Crippen molar-refractivity contribution < 1.29 is 21.6 Å². The molecule has 0 aromatic carbocycles. The van der Waals surface area contributed by atoms with Gasteiger partial charge in [-0.15, -0.1) is 11.3 Å². The number of thiazole rings is 1. The van der Waals surface area contributed by atoms with Crippen molar-refractivity contribution in [3.8, 4) is 0 Å². The lowest BCUT2D eigenvalue weighted by Gasteiger charge is -2.02. The van der Waals surface area contributed by atoms with Crippen molar-refractivity contribution in [1.29, 1.82) is 0 Å². The summed E-state index contributed by atoms with van der Waals surface area (Å²) in [6.07, 6.45) is -4.79. The van der Waals surface area contributed by atoms with Crippen LogP contribution in [-0.4, -0.2) is 13.4 Å². The van der Waals surface area contributed by atoms with Gasteiger partial charge in [0.25, 0.3) is 9.05 Å². The Bertz CT molecular complexity index is 409. The highest BCUT2D eigenvalue weighted by Gasteiger charge is 2.39. The molecule has 0 spiro atoms. The highest BCUT2D eigenvalue weighted by molar-refractivity contribution is 8.15. The van der Waals surface area contributed by atoms with Gasteiger partial charge in [0.2, 0.25) is 0 Å². The predicted molar refractivity (Wildman–Crippen MR) is 40.2 cm³/mol. The number of hydrogen-bond donors (Lipinski definition) is 0. The van der Waals surface area contributed by atoms with Crippen molar-refractivity contribution in [2.45, 2.75) is 10.4 Å². The quantitative estimate of drug-likeness (QED) is 0.718. The molecular weight excluding hydrogens is 251 g/mol. The van der Waals surface area contributed by atoms with Crippen LogP contribution in [0.5, 0.6) is 0 Å². The zero-order valence-electron chi connectivity index (χ0n) is 5.67. The molecule has 0 amide bonds. The van der Waals surface area contributed by atoms with Crippen LogP contribution in [-0.2, 0) is 15.2 Å². The van der Waals surface area contributed by atoms with E-state index in [2.05, 4.69) is 4.98 Å². The van der Waals surface area contributed by atoms with Gasteiger partial charge in [0, 0.05) is 10.7 Å². The lowest BCUT2D eigenvalue weighted by Crippen LogP contribution is -2.09. The smallest absolute Gasteiger partial charge is 0.239 e. The normalized spacial score (nSPS) is 13.2. The fourth-order valence-electron chi connectivity index (χ4n) is 0.597. The molecule has 0 saturated heterocycles. The van der Waals surface area contributed by atoms with Crippen LogP contribution >= 0.6 is 22.0 Å². The maximum absolute atomic E-state index is 12.0. The third kappa shape index (κ3) is 2.32. The first-order valence-corrected chi connectivity index (χ1v) is 5.87. The van der Waals surface area contributed by atoms with Gasteiger partial charge >= 0.3 is 6.18 Å². The van der Waals surface area contributed by atoms with Crippen molar-refractivity contribution in [3.63, 3.8) is 0 Å². The third-order valence-corrected chi connectivity index (χ3v) is 3.96. The van der Waals surface area contributed by atoms with E-state index in [0.29, 0.717) is 11.3 Å². The monoisotopic (exact) mass is 251 g/mol. The molecule has 0 atom stereocenters. The SMILES string of the molecule is O=S(=O)(Cl)c1scnc1C(F)(F)F. The van der Waals surface area contributed by atoms with Gasteiger partial charge in [-0.2, -0.15) is 13.2 Å². The number of rotatable bonds is 1. The summed E-state index contributed by atoms with van der Waals surface area (Å²) in [6.45, 7) is 0. The number of hydrogen-bond acceptors (Lipinski definition) is 4. The molecule has 0 radical (unpaired) electrons. The summed E-state index contributed by atoms with van der Waals surface area (Å²) in [7, 11) is 0.389. The van der Waals surface area contributed by atoms with Crippen molar-refractivity contribution in [2.75, 3.05) is 0 Å². The Labute approximate surface area is 79.6 Å². The minimum absolute atomic E-state index is 0.332. The van der Waals surface area contributed by atoms with Gasteiger partial charge in [0.05, 0.1) is 5.51 Å². The van der Waals surface area contributed by atoms with Crippen LogP contribution in [0.25, 0.3) is 0 Å². The molecule has 0 saturated carbocycles. The second-order valence-corrected chi connectivity index (χ2v) is 5.54. The molecule has 1 rings (SSSR count). The fourth-order valence-corrected chi connectivity index (χ4v) is 2.67. The van der Waals surface area contributed by atoms with E-state index in [1.54, 1.807) is 0 Å². The van der Waals surface area contributed by atoms with Crippen LogP contribution in [0.3, 0.4) is 0 Å². The summed E-state index contributed by atoms with van der Waals surface area (Å²) in [4.78, 5) is 2.88. The van der Waals surface area contributed by atoms with Gasteiger partial charge in [-0.1, -0.05) is 0 Å². The zero-order chi connectivity index (χ0) is 10.3. The molecule has 9 heteroatoms. The molecule has 1 aromatic rings. The minimum atomic E-state index is -4.79. The Balaban J connectivity index is 3.35. The largest absolute Gasteiger partial charge is 0.435 e. The van der Waals surface area contributed by atoms with E-state index in [1.165, 1.54) is 0 Å². The van der Waals surface area contributed by atoms with Gasteiger partial charge in [0.15, 0.2) is 9.90 Å². The Morgan fingerprint density at radius 3 is 2.31 bits per heavy atom. The van der Waals surface area contributed by atoms with Gasteiger partial charge in [-0.05, 0) is 0 Å². The van der Waals surface area contributed by atoms with Gasteiger partial charge in [-0.3, -0.25) is 0 Å². The molecule has 0 unspecified atom stereocenters. The van der Waals surface area contributed by atoms with Crippen LogP contribution in [0.15, 0.2) is 9.72 Å². The summed E-state index contributed by atoms with van der Waals surface area (Å²) in [5, 5.41) is 0. The van der Waals surface area contributed by atoms with Gasteiger partial charge in [0.1, 0.15) is 0 Å². The summed E-state index contributed by atoms with van der Waals surface area (Å²) in [5.74, 6) is 0. The highest BCUT2D eigenvalue weighted by Crippen LogP contribution is 2.36. The second-order valence-electron chi connectivity index (χ2n) is 1.92. The first-order valence-electron chi connectivity index (χ1n) is 2.68. The summed E-state index contributed by atoms with van der Waals surface area (Å²) < 4.78 is 56.3. The Morgan fingerprint density at radius 1 is 1.46 bits per heavy atom. The molecule has 1 aromatic heterocycles. The van der Waals surface area contributed by atoms with Crippen molar-refractivity contribution in [2.24, 2.45) is 0 Å². The van der Waals surface area contributed by atoms with E-state index in [0.717, 1.165) is 5.51 Å². The van der Waals surface area contributed by atoms with Crippen molar-refractivity contribution in [3.05, 3.63) is 11.2 Å². The highest BCUT2D eigenvalue weighted by atomic mass is 35.7. The number of halogens is 4. The number of alkyl halides is 3. The first kappa shape index (κ1) is 10.7. The molecule has 0 aliphatic rings. The Kier molecular flexibility index (Phi) is 2.56. The number of aromatic nitrogens is 1. The first-order chi connectivity index (χ1) is 5.73. The van der Waals surface area contributed by atoms with Crippen LogP contribution in [0.4, 0.5) is 13.2 Å². The maximum Gasteiger partial charge on any atom is 0.435 e. The summed E-state index contributed by atoms with van der Waals surface area (Å²) >= 11 is 0.332. The maximum atomic E-state index is 12.0. The average Bonchev–Trinajstić information content (AvgIpc) is 2.27. The van der Waals surface area contributed by atoms with Crippen LogP contribution in [0.2, 0.25) is 0 Å². The van der Waals surface area contributed by atoms with Crippen LogP contribution in [0.1, 0.15) is 5.69 Å². The predicted octanol–water partition coefficient (Wildman–Crippen LogP) is 2.09. The summed E-state index contributed by atoms with van der Waals surface area (Å²) in [6, 6.07) is 0. The molecule has 1 heterocycles. The van der Waals surface area contributed by atoms with E-state index in [-0.39, 0.29) is 0 Å². The molecule has 3 nitrogen and oxygen atoms in total. The lowest BCUT2D eigenvalue weighted by atomic mass is 10.5. The standard InChI is InChI=1S/C4HClF3NO2S2/c5-13(10,11)3-2(4(6,7)8)9-1-12-3/h1H. The molecular formula is C4HClF3NO2S2. The third-order valence-electron chi connectivity index (χ3n) is 1.02. The fraction of sp³-hybridized carbons (Fsp3) is 0.250. The van der Waals surface area contributed by atoms with Gasteiger partial charge in [-0.25, -0.2) is 13.4 Å². The molecule has 0 bridgehead atoms. The Hall–Kier alpha value is -0.340. The molecule has 13 heavy (non-hydrogen) atoms. The van der Waals surface area contributed by atoms with Crippen molar-refractivity contribution >= 4 is 31.1 Å². The van der Waals surface area contributed by atoms with E-state index >= 15 is 0 Å². The molecule has 0 N–H and O–H groups in total. The number of nitrogens with zero attached hydrogens (tertiary/aromatic N) is 1. The lowest BCUT2D eigenvalue weighted by molar-refractivity contribution is -0.142. The topological polar surface area (TPSA) is 47.0 Å².